The summed E-state index contributed by atoms with van der Waals surface area (Å²) in [6, 6.07) is 3.55. The Bertz CT molecular complexity index is 421. The quantitative estimate of drug-likeness (QED) is 0.824. The first-order chi connectivity index (χ1) is 7.84. The second-order valence-corrected chi connectivity index (χ2v) is 3.57. The molecule has 0 atom stereocenters. The first kappa shape index (κ1) is 13.6. The summed E-state index contributed by atoms with van der Waals surface area (Å²) in [5.74, 6) is -0.214. The molecule has 3 N–H and O–H groups in total. The van der Waals surface area contributed by atoms with Crippen molar-refractivity contribution in [2.75, 3.05) is 11.9 Å². The lowest BCUT2D eigenvalue weighted by Gasteiger charge is -2.14. The maximum atomic E-state index is 12.7. The van der Waals surface area contributed by atoms with Gasteiger partial charge in [0.15, 0.2) is 5.11 Å². The number of nitrogens with one attached hydrogen (secondary N) is 1. The summed E-state index contributed by atoms with van der Waals surface area (Å²) in [6.07, 6.45) is -4.49. The number of rotatable bonds is 3. The molecule has 0 saturated heterocycles. The van der Waals surface area contributed by atoms with E-state index >= 15 is 0 Å². The van der Waals surface area contributed by atoms with Crippen LogP contribution in [0.1, 0.15) is 12.5 Å². The number of nitrogens with two attached hydrogens (primary N) is 1. The normalized spacial score (nSPS) is 11.1. The fourth-order valence-electron chi connectivity index (χ4n) is 1.25. The monoisotopic (exact) mass is 264 g/mol. The smallest absolute Gasteiger partial charge is 0.420 e. The van der Waals surface area contributed by atoms with Gasteiger partial charge in [-0.2, -0.15) is 13.2 Å². The Kier molecular flexibility index (Phi) is 4.17. The Balaban J connectivity index is 3.14. The average Bonchev–Trinajstić information content (AvgIpc) is 2.18. The highest BCUT2D eigenvalue weighted by Gasteiger charge is 2.34. The van der Waals surface area contributed by atoms with Gasteiger partial charge in [0.2, 0.25) is 0 Å². The molecular weight excluding hydrogens is 253 g/mol. The van der Waals surface area contributed by atoms with Gasteiger partial charge in [-0.25, -0.2) is 0 Å². The van der Waals surface area contributed by atoms with Gasteiger partial charge in [0, 0.05) is 5.69 Å². The molecule has 0 radical (unpaired) electrons. The number of hydrogen-bond acceptors (Lipinski definition) is 2. The molecule has 0 saturated carbocycles. The number of ether oxygens (including phenoxy) is 1. The molecule has 1 aromatic rings. The Morgan fingerprint density at radius 2 is 2.12 bits per heavy atom. The number of anilines is 1. The molecule has 0 spiro atoms. The van der Waals surface area contributed by atoms with Crippen LogP contribution in [0.25, 0.3) is 0 Å². The highest BCUT2D eigenvalue weighted by molar-refractivity contribution is 7.80. The van der Waals surface area contributed by atoms with E-state index in [0.29, 0.717) is 0 Å². The molecule has 0 aromatic heterocycles. The van der Waals surface area contributed by atoms with Crippen LogP contribution in [0.3, 0.4) is 0 Å². The van der Waals surface area contributed by atoms with Crippen LogP contribution in [0.4, 0.5) is 18.9 Å². The third kappa shape index (κ3) is 3.77. The lowest BCUT2D eigenvalue weighted by molar-refractivity contribution is -0.138. The minimum absolute atomic E-state index is 0.0951. The van der Waals surface area contributed by atoms with E-state index < -0.39 is 11.7 Å². The van der Waals surface area contributed by atoms with Crippen molar-refractivity contribution in [1.29, 1.82) is 0 Å². The lowest BCUT2D eigenvalue weighted by Crippen LogP contribution is -2.19. The first-order valence-electron chi connectivity index (χ1n) is 4.75. The molecule has 3 nitrogen and oxygen atoms in total. The molecule has 94 valence electrons. The van der Waals surface area contributed by atoms with Gasteiger partial charge in [0.1, 0.15) is 5.75 Å². The van der Waals surface area contributed by atoms with Crippen LogP contribution in [-0.2, 0) is 6.18 Å². The van der Waals surface area contributed by atoms with Crippen molar-refractivity contribution in [2.24, 2.45) is 5.73 Å². The first-order valence-corrected chi connectivity index (χ1v) is 5.16. The van der Waals surface area contributed by atoms with E-state index in [1.54, 1.807) is 6.92 Å². The predicted octanol–water partition coefficient (Wildman–Crippen LogP) is 2.76. The summed E-state index contributed by atoms with van der Waals surface area (Å²) < 4.78 is 43.1. The minimum atomic E-state index is -4.49. The largest absolute Gasteiger partial charge is 0.493 e. The zero-order valence-electron chi connectivity index (χ0n) is 8.97. The van der Waals surface area contributed by atoms with E-state index in [0.717, 1.165) is 6.07 Å². The van der Waals surface area contributed by atoms with Crippen molar-refractivity contribution in [3.05, 3.63) is 23.8 Å². The van der Waals surface area contributed by atoms with Gasteiger partial charge in [-0.3, -0.25) is 0 Å². The second-order valence-electron chi connectivity index (χ2n) is 3.13. The molecule has 0 bridgehead atoms. The minimum Gasteiger partial charge on any atom is -0.493 e. The Hall–Kier alpha value is -1.50. The SMILES string of the molecule is CCOc1ccc(NC(N)=S)cc1C(F)(F)F. The third-order valence-electron chi connectivity index (χ3n) is 1.85. The molecule has 0 aliphatic rings. The summed E-state index contributed by atoms with van der Waals surface area (Å²) >= 11 is 4.55. The fraction of sp³-hybridized carbons (Fsp3) is 0.300. The van der Waals surface area contributed by atoms with Crippen LogP contribution in [0.5, 0.6) is 5.75 Å². The summed E-state index contributed by atoms with van der Waals surface area (Å²) in [6.45, 7) is 1.77. The van der Waals surface area contributed by atoms with Gasteiger partial charge < -0.3 is 15.8 Å². The number of benzene rings is 1. The number of hydrogen-bond donors (Lipinski definition) is 2. The molecule has 0 aliphatic carbocycles. The zero-order valence-corrected chi connectivity index (χ0v) is 9.78. The van der Waals surface area contributed by atoms with Crippen molar-refractivity contribution in [3.63, 3.8) is 0 Å². The Labute approximate surface area is 102 Å². The summed E-state index contributed by atoms with van der Waals surface area (Å²) in [4.78, 5) is 0. The van der Waals surface area contributed by atoms with Crippen LogP contribution < -0.4 is 15.8 Å². The van der Waals surface area contributed by atoms with Crippen LogP contribution >= 0.6 is 12.2 Å². The fourth-order valence-corrected chi connectivity index (χ4v) is 1.37. The summed E-state index contributed by atoms with van der Waals surface area (Å²) in [5.41, 5.74) is 4.50. The van der Waals surface area contributed by atoms with Crippen molar-refractivity contribution in [1.82, 2.24) is 0 Å². The third-order valence-corrected chi connectivity index (χ3v) is 1.95. The van der Waals surface area contributed by atoms with Gasteiger partial charge >= 0.3 is 6.18 Å². The van der Waals surface area contributed by atoms with E-state index in [-0.39, 0.29) is 23.2 Å². The number of halogens is 3. The lowest BCUT2D eigenvalue weighted by atomic mass is 10.1. The molecule has 1 aromatic carbocycles. The molecular formula is C10H11F3N2OS. The summed E-state index contributed by atoms with van der Waals surface area (Å²) in [5, 5.41) is 2.35. The average molecular weight is 264 g/mol. The van der Waals surface area contributed by atoms with E-state index in [4.69, 9.17) is 10.5 Å². The molecule has 0 heterocycles. The molecule has 1 rings (SSSR count). The van der Waals surface area contributed by atoms with E-state index in [1.807, 2.05) is 0 Å². The Morgan fingerprint density at radius 1 is 1.47 bits per heavy atom. The van der Waals surface area contributed by atoms with E-state index in [2.05, 4.69) is 17.5 Å². The molecule has 0 unspecified atom stereocenters. The highest BCUT2D eigenvalue weighted by atomic mass is 32.1. The maximum Gasteiger partial charge on any atom is 0.420 e. The zero-order chi connectivity index (χ0) is 13.1. The topological polar surface area (TPSA) is 47.3 Å². The number of alkyl halides is 3. The molecule has 0 amide bonds. The molecule has 0 aliphatic heterocycles. The Morgan fingerprint density at radius 3 is 2.59 bits per heavy atom. The standard InChI is InChI=1S/C10H11F3N2OS/c1-2-16-8-4-3-6(15-9(14)17)5-7(8)10(11,12)13/h3-5H,2H2,1H3,(H3,14,15,17). The van der Waals surface area contributed by atoms with Gasteiger partial charge in [0.25, 0.3) is 0 Å². The molecule has 7 heteroatoms. The summed E-state index contributed by atoms with van der Waals surface area (Å²) in [7, 11) is 0. The number of thiocarbonyl (C=S) groups is 1. The van der Waals surface area contributed by atoms with Crippen LogP contribution in [0, 0.1) is 0 Å². The van der Waals surface area contributed by atoms with Gasteiger partial charge in [-0.1, -0.05) is 0 Å². The van der Waals surface area contributed by atoms with Crippen LogP contribution in [0.15, 0.2) is 18.2 Å². The van der Waals surface area contributed by atoms with E-state index in [1.165, 1.54) is 12.1 Å². The van der Waals surface area contributed by atoms with Crippen LogP contribution in [0.2, 0.25) is 0 Å². The van der Waals surface area contributed by atoms with Crippen molar-refractivity contribution >= 4 is 23.0 Å². The van der Waals surface area contributed by atoms with Gasteiger partial charge in [0.05, 0.1) is 12.2 Å². The van der Waals surface area contributed by atoms with Crippen molar-refractivity contribution in [3.8, 4) is 5.75 Å². The molecule has 0 fully saturated rings. The van der Waals surface area contributed by atoms with Gasteiger partial charge in [-0.15, -0.1) is 0 Å². The van der Waals surface area contributed by atoms with Gasteiger partial charge in [-0.05, 0) is 37.3 Å². The van der Waals surface area contributed by atoms with Crippen LogP contribution in [-0.4, -0.2) is 11.7 Å². The molecule has 17 heavy (non-hydrogen) atoms. The predicted molar refractivity (Wildman–Crippen MR) is 63.0 cm³/mol. The van der Waals surface area contributed by atoms with Crippen molar-refractivity contribution < 1.29 is 17.9 Å². The maximum absolute atomic E-state index is 12.7. The van der Waals surface area contributed by atoms with E-state index in [9.17, 15) is 13.2 Å². The highest BCUT2D eigenvalue weighted by Crippen LogP contribution is 2.37. The second kappa shape index (κ2) is 5.22. The van der Waals surface area contributed by atoms with Crippen molar-refractivity contribution in [2.45, 2.75) is 13.1 Å².